The number of aryl methyl sites for hydroxylation is 1. The lowest BCUT2D eigenvalue weighted by Crippen LogP contribution is -1.74. The van der Waals surface area contributed by atoms with Crippen molar-refractivity contribution < 1.29 is 0 Å². The van der Waals surface area contributed by atoms with Crippen molar-refractivity contribution in [2.45, 2.75) is 13.3 Å². The molecular weight excluding hydrogens is 164 g/mol. The molecule has 0 fully saturated rings. The van der Waals surface area contributed by atoms with Crippen LogP contribution in [0.15, 0.2) is 29.4 Å². The molecule has 3 heteroatoms. The van der Waals surface area contributed by atoms with Gasteiger partial charge in [-0.25, -0.2) is 0 Å². The quantitative estimate of drug-likeness (QED) is 0.698. The van der Waals surface area contributed by atoms with E-state index in [1.165, 1.54) is 5.69 Å². The zero-order chi connectivity index (χ0) is 9.26. The summed E-state index contributed by atoms with van der Waals surface area (Å²) >= 11 is 0. The smallest absolute Gasteiger partial charge is 0.108 e. The first-order valence-electron chi connectivity index (χ1n) is 4.28. The van der Waals surface area contributed by atoms with Gasteiger partial charge in [0.2, 0.25) is 0 Å². The lowest BCUT2D eigenvalue weighted by molar-refractivity contribution is 1.07. The molecule has 0 unspecified atom stereocenters. The van der Waals surface area contributed by atoms with Gasteiger partial charge in [-0.1, -0.05) is 6.92 Å². The summed E-state index contributed by atoms with van der Waals surface area (Å²) in [4.78, 5) is 13.5. The number of hydrogen-bond donors (Lipinski definition) is 1. The third kappa shape index (κ3) is 1.33. The van der Waals surface area contributed by atoms with E-state index in [1.54, 1.807) is 12.1 Å². The first kappa shape index (κ1) is 7.98. The molecule has 0 aliphatic rings. The lowest BCUT2D eigenvalue weighted by atomic mass is 10.2. The second-order valence-corrected chi connectivity index (χ2v) is 3.01. The monoisotopic (exact) mass is 174 g/mol. The summed E-state index contributed by atoms with van der Waals surface area (Å²) in [6.07, 6.45) is 0.971. The van der Waals surface area contributed by atoms with Gasteiger partial charge < -0.3 is 4.98 Å². The average Bonchev–Trinajstić information content (AvgIpc) is 2.58. The summed E-state index contributed by atoms with van der Waals surface area (Å²) in [5.74, 6) is 0. The predicted octanol–water partition coefficient (Wildman–Crippen LogP) is 3.13. The van der Waals surface area contributed by atoms with Crippen molar-refractivity contribution in [1.29, 1.82) is 0 Å². The Morgan fingerprint density at radius 2 is 2.23 bits per heavy atom. The third-order valence-corrected chi connectivity index (χ3v) is 2.15. The molecule has 0 aliphatic heterocycles. The molecule has 13 heavy (non-hydrogen) atoms. The molecule has 0 bridgehead atoms. The highest BCUT2D eigenvalue weighted by Gasteiger charge is 1.99. The maximum atomic E-state index is 10.3. The van der Waals surface area contributed by atoms with Crippen LogP contribution in [-0.2, 0) is 6.42 Å². The molecule has 1 N–H and O–H groups in total. The van der Waals surface area contributed by atoms with Crippen molar-refractivity contribution in [2.75, 3.05) is 0 Å². The Morgan fingerprint density at radius 1 is 1.38 bits per heavy atom. The van der Waals surface area contributed by atoms with Crippen LogP contribution in [0.3, 0.4) is 0 Å². The Morgan fingerprint density at radius 3 is 2.92 bits per heavy atom. The normalized spacial score (nSPS) is 10.5. The molecule has 0 spiro atoms. The summed E-state index contributed by atoms with van der Waals surface area (Å²) in [6.45, 7) is 2.09. The Balaban J connectivity index is 2.63. The van der Waals surface area contributed by atoms with E-state index in [0.717, 1.165) is 17.3 Å². The highest BCUT2D eigenvalue weighted by molar-refractivity contribution is 5.83. The van der Waals surface area contributed by atoms with Crippen molar-refractivity contribution >= 4 is 16.6 Å². The third-order valence-electron chi connectivity index (χ3n) is 2.15. The molecule has 3 nitrogen and oxygen atoms in total. The van der Waals surface area contributed by atoms with Crippen molar-refractivity contribution in [3.05, 3.63) is 34.9 Å². The molecule has 0 aliphatic carbocycles. The number of nitrogens with one attached hydrogen (secondary N) is 1. The van der Waals surface area contributed by atoms with Gasteiger partial charge in [-0.15, -0.1) is 4.91 Å². The highest BCUT2D eigenvalue weighted by Crippen LogP contribution is 2.21. The Bertz CT molecular complexity index is 445. The molecule has 0 saturated heterocycles. The fraction of sp³-hybridized carbons (Fsp3) is 0.200. The summed E-state index contributed by atoms with van der Waals surface area (Å²) in [7, 11) is 0. The van der Waals surface area contributed by atoms with Gasteiger partial charge in [0, 0.05) is 16.6 Å². The van der Waals surface area contributed by atoms with Crippen LogP contribution in [0.2, 0.25) is 0 Å². The van der Waals surface area contributed by atoms with Gasteiger partial charge in [-0.05, 0) is 35.9 Å². The van der Waals surface area contributed by atoms with Gasteiger partial charge in [0.15, 0.2) is 0 Å². The molecule has 0 amide bonds. The molecule has 1 aromatic carbocycles. The minimum atomic E-state index is 0.481. The first-order valence-corrected chi connectivity index (χ1v) is 4.28. The second-order valence-electron chi connectivity index (χ2n) is 3.01. The minimum Gasteiger partial charge on any atom is -0.358 e. The maximum Gasteiger partial charge on any atom is 0.108 e. The topological polar surface area (TPSA) is 45.2 Å². The van der Waals surface area contributed by atoms with Crippen molar-refractivity contribution in [1.82, 2.24) is 4.98 Å². The zero-order valence-electron chi connectivity index (χ0n) is 7.37. The second kappa shape index (κ2) is 3.01. The Hall–Kier alpha value is -1.64. The van der Waals surface area contributed by atoms with Gasteiger partial charge in [-0.2, -0.15) is 0 Å². The van der Waals surface area contributed by atoms with E-state index in [1.807, 2.05) is 12.1 Å². The van der Waals surface area contributed by atoms with Gasteiger partial charge >= 0.3 is 0 Å². The SMILES string of the molecule is CCc1cc2cc(N=O)ccc2[nH]1. The molecule has 0 atom stereocenters. The van der Waals surface area contributed by atoms with E-state index in [-0.39, 0.29) is 0 Å². The van der Waals surface area contributed by atoms with Crippen LogP contribution in [0.4, 0.5) is 5.69 Å². The number of fused-ring (bicyclic) bond motifs is 1. The molecule has 2 rings (SSSR count). The number of aromatic amines is 1. The van der Waals surface area contributed by atoms with Crippen LogP contribution in [0, 0.1) is 4.91 Å². The Labute approximate surface area is 75.7 Å². The fourth-order valence-electron chi connectivity index (χ4n) is 1.43. The number of rotatable bonds is 2. The number of H-pyrrole nitrogens is 1. The average molecular weight is 174 g/mol. The zero-order valence-corrected chi connectivity index (χ0v) is 7.37. The largest absolute Gasteiger partial charge is 0.358 e. The first-order chi connectivity index (χ1) is 6.33. The van der Waals surface area contributed by atoms with E-state index in [9.17, 15) is 4.91 Å². The lowest BCUT2D eigenvalue weighted by Gasteiger charge is -1.88. The van der Waals surface area contributed by atoms with Crippen LogP contribution in [0.1, 0.15) is 12.6 Å². The number of benzene rings is 1. The standard InChI is InChI=1S/C10H10N2O/c1-2-8-5-7-6-9(12-13)3-4-10(7)11-8/h3-6,11H,2H2,1H3. The molecule has 0 radical (unpaired) electrons. The van der Waals surface area contributed by atoms with Gasteiger partial charge in [0.1, 0.15) is 5.69 Å². The van der Waals surface area contributed by atoms with Crippen LogP contribution in [-0.4, -0.2) is 4.98 Å². The molecule has 0 saturated carbocycles. The van der Waals surface area contributed by atoms with Crippen molar-refractivity contribution in [3.63, 3.8) is 0 Å². The van der Waals surface area contributed by atoms with Crippen molar-refractivity contribution in [3.8, 4) is 0 Å². The summed E-state index contributed by atoms with van der Waals surface area (Å²) in [5, 5.41) is 3.94. The summed E-state index contributed by atoms with van der Waals surface area (Å²) in [5.41, 5.74) is 2.72. The molecular formula is C10H10N2O. The number of aromatic nitrogens is 1. The highest BCUT2D eigenvalue weighted by atomic mass is 16.3. The van der Waals surface area contributed by atoms with Gasteiger partial charge in [0.05, 0.1) is 0 Å². The summed E-state index contributed by atoms with van der Waals surface area (Å²) < 4.78 is 0. The van der Waals surface area contributed by atoms with E-state index in [0.29, 0.717) is 5.69 Å². The van der Waals surface area contributed by atoms with E-state index in [4.69, 9.17) is 0 Å². The number of hydrogen-bond acceptors (Lipinski definition) is 2. The Kier molecular flexibility index (Phi) is 1.85. The van der Waals surface area contributed by atoms with E-state index >= 15 is 0 Å². The van der Waals surface area contributed by atoms with Crippen LogP contribution < -0.4 is 0 Å². The minimum absolute atomic E-state index is 0.481. The fourth-order valence-corrected chi connectivity index (χ4v) is 1.43. The number of nitroso groups, excluding NO2 is 1. The maximum absolute atomic E-state index is 10.3. The van der Waals surface area contributed by atoms with Crippen LogP contribution in [0.5, 0.6) is 0 Å². The molecule has 1 heterocycles. The van der Waals surface area contributed by atoms with Crippen LogP contribution in [0.25, 0.3) is 10.9 Å². The molecule has 66 valence electrons. The van der Waals surface area contributed by atoms with E-state index < -0.39 is 0 Å². The predicted molar refractivity (Wildman–Crippen MR) is 53.1 cm³/mol. The van der Waals surface area contributed by atoms with Gasteiger partial charge in [0.25, 0.3) is 0 Å². The van der Waals surface area contributed by atoms with E-state index in [2.05, 4.69) is 17.1 Å². The van der Waals surface area contributed by atoms with Crippen molar-refractivity contribution in [2.24, 2.45) is 5.18 Å². The molecule has 1 aromatic heterocycles. The summed E-state index contributed by atoms with van der Waals surface area (Å²) in [6, 6.07) is 7.43. The van der Waals surface area contributed by atoms with Gasteiger partial charge in [-0.3, -0.25) is 0 Å². The molecule has 2 aromatic rings. The van der Waals surface area contributed by atoms with Crippen LogP contribution >= 0.6 is 0 Å². The number of nitrogens with zero attached hydrogens (tertiary/aromatic N) is 1.